The van der Waals surface area contributed by atoms with Gasteiger partial charge in [0.05, 0.1) is 10.6 Å². The van der Waals surface area contributed by atoms with E-state index in [1.165, 1.54) is 0 Å². The molecule has 7 nitrogen and oxygen atoms in total. The molecule has 4 rings (SSSR count). The van der Waals surface area contributed by atoms with Crippen molar-refractivity contribution in [3.8, 4) is 23.0 Å². The Bertz CT molecular complexity index is 976. The molecule has 0 bridgehead atoms. The number of carbonyl (C=O) groups excluding carboxylic acids is 1. The number of nitrogens with zero attached hydrogens (tertiary/aromatic N) is 2. The molecule has 1 N–H and O–H groups in total. The van der Waals surface area contributed by atoms with E-state index in [0.29, 0.717) is 27.1 Å². The Kier molecular flexibility index (Phi) is 4.40. The van der Waals surface area contributed by atoms with Crippen molar-refractivity contribution in [2.75, 3.05) is 11.9 Å². The predicted octanol–water partition coefficient (Wildman–Crippen LogP) is 3.82. The Balaban J connectivity index is 1.48. The van der Waals surface area contributed by atoms with Crippen LogP contribution in [0.1, 0.15) is 0 Å². The van der Waals surface area contributed by atoms with E-state index < -0.39 is 12.0 Å². The van der Waals surface area contributed by atoms with Crippen molar-refractivity contribution < 1.29 is 18.7 Å². The lowest BCUT2D eigenvalue weighted by Gasteiger charge is -2.24. The minimum atomic E-state index is -0.838. The molecule has 2 heterocycles. The number of para-hydroxylation sites is 2. The summed E-state index contributed by atoms with van der Waals surface area (Å²) in [7, 11) is 0. The van der Waals surface area contributed by atoms with Gasteiger partial charge in [-0.25, -0.2) is 0 Å². The first-order valence-corrected chi connectivity index (χ1v) is 8.34. The zero-order valence-corrected chi connectivity index (χ0v) is 14.6. The summed E-state index contributed by atoms with van der Waals surface area (Å²) in [6.45, 7) is 0.0734. The molecule has 1 atom stereocenters. The van der Waals surface area contributed by atoms with Gasteiger partial charge in [-0.05, 0) is 30.3 Å². The molecule has 0 aliphatic carbocycles. The van der Waals surface area contributed by atoms with Gasteiger partial charge in [0.15, 0.2) is 11.5 Å². The molecule has 132 valence electrons. The third-order valence-electron chi connectivity index (χ3n) is 3.61. The van der Waals surface area contributed by atoms with E-state index in [9.17, 15) is 4.79 Å². The van der Waals surface area contributed by atoms with Crippen LogP contribution in [0.25, 0.3) is 11.5 Å². The van der Waals surface area contributed by atoms with Crippen molar-refractivity contribution >= 4 is 35.1 Å². The number of hydrogen-bond acceptors (Lipinski definition) is 6. The molecule has 0 spiro atoms. The lowest BCUT2D eigenvalue weighted by molar-refractivity contribution is -0.125. The van der Waals surface area contributed by atoms with Gasteiger partial charge in [0.2, 0.25) is 6.10 Å². The summed E-state index contributed by atoms with van der Waals surface area (Å²) in [5.41, 5.74) is 0.471. The first-order chi connectivity index (χ1) is 12.6. The summed E-state index contributed by atoms with van der Waals surface area (Å²) in [5, 5.41) is 11.0. The van der Waals surface area contributed by atoms with Gasteiger partial charge in [0.25, 0.3) is 11.8 Å². The van der Waals surface area contributed by atoms with E-state index in [1.807, 2.05) is 6.07 Å². The van der Waals surface area contributed by atoms with Crippen LogP contribution in [0.5, 0.6) is 11.5 Å². The highest BCUT2D eigenvalue weighted by atomic mass is 35.5. The topological polar surface area (TPSA) is 86.5 Å². The lowest BCUT2D eigenvalue weighted by Crippen LogP contribution is -2.40. The number of hydrogen-bond donors (Lipinski definition) is 1. The molecule has 9 heteroatoms. The Labute approximate surface area is 157 Å². The molecule has 2 aromatic carbocycles. The quantitative estimate of drug-likeness (QED) is 0.729. The summed E-state index contributed by atoms with van der Waals surface area (Å²) < 4.78 is 16.6. The van der Waals surface area contributed by atoms with E-state index in [-0.39, 0.29) is 18.5 Å². The molecule has 1 aliphatic rings. The molecule has 0 fully saturated rings. The minimum Gasteiger partial charge on any atom is -0.485 e. The molecule has 1 aromatic heterocycles. The first kappa shape index (κ1) is 16.7. The van der Waals surface area contributed by atoms with Crippen LogP contribution in [0.3, 0.4) is 0 Å². The molecule has 1 amide bonds. The standard InChI is InChI=1S/C17H11Cl2N3O4/c18-9-5-6-11(19)10(7-9)16-21-22-17(26-16)20-15(23)14-8-24-12-3-1-2-4-13(12)25-14/h1-7,14H,8H2,(H,20,22,23)/t14-/m1/s1. The van der Waals surface area contributed by atoms with Crippen LogP contribution in [0.2, 0.25) is 10.0 Å². The SMILES string of the molecule is O=C(Nc1nnc(-c2cc(Cl)ccc2Cl)o1)[C@H]1COc2ccccc2O1. The highest BCUT2D eigenvalue weighted by molar-refractivity contribution is 6.35. The lowest BCUT2D eigenvalue weighted by atomic mass is 10.2. The van der Waals surface area contributed by atoms with Gasteiger partial charge in [-0.3, -0.25) is 10.1 Å². The second kappa shape index (κ2) is 6.86. The normalized spacial score (nSPS) is 15.5. The number of benzene rings is 2. The van der Waals surface area contributed by atoms with Crippen molar-refractivity contribution in [1.29, 1.82) is 0 Å². The Morgan fingerprint density at radius 2 is 1.92 bits per heavy atom. The minimum absolute atomic E-state index is 0.0734. The van der Waals surface area contributed by atoms with E-state index in [0.717, 1.165) is 0 Å². The van der Waals surface area contributed by atoms with Gasteiger partial charge in [-0.2, -0.15) is 0 Å². The maximum Gasteiger partial charge on any atom is 0.322 e. The van der Waals surface area contributed by atoms with Gasteiger partial charge < -0.3 is 13.9 Å². The van der Waals surface area contributed by atoms with E-state index in [1.54, 1.807) is 36.4 Å². The van der Waals surface area contributed by atoms with Crippen LogP contribution in [0.4, 0.5) is 6.01 Å². The van der Waals surface area contributed by atoms with Gasteiger partial charge >= 0.3 is 6.01 Å². The van der Waals surface area contributed by atoms with Crippen LogP contribution in [0.15, 0.2) is 46.9 Å². The number of nitrogens with one attached hydrogen (secondary N) is 1. The number of amides is 1. The van der Waals surface area contributed by atoms with Gasteiger partial charge in [-0.15, -0.1) is 5.10 Å². The second-order valence-electron chi connectivity index (χ2n) is 5.39. The Hall–Kier alpha value is -2.77. The molecular weight excluding hydrogens is 381 g/mol. The smallest absolute Gasteiger partial charge is 0.322 e. The highest BCUT2D eigenvalue weighted by Crippen LogP contribution is 2.32. The summed E-state index contributed by atoms with van der Waals surface area (Å²) >= 11 is 12.1. The van der Waals surface area contributed by atoms with Crippen LogP contribution in [0, 0.1) is 0 Å². The van der Waals surface area contributed by atoms with Crippen LogP contribution in [-0.4, -0.2) is 28.8 Å². The van der Waals surface area contributed by atoms with Crippen molar-refractivity contribution in [2.45, 2.75) is 6.10 Å². The predicted molar refractivity (Wildman–Crippen MR) is 94.7 cm³/mol. The fourth-order valence-electron chi connectivity index (χ4n) is 2.38. The first-order valence-electron chi connectivity index (χ1n) is 7.58. The van der Waals surface area contributed by atoms with Crippen LogP contribution < -0.4 is 14.8 Å². The number of rotatable bonds is 3. The van der Waals surface area contributed by atoms with E-state index >= 15 is 0 Å². The summed E-state index contributed by atoms with van der Waals surface area (Å²) in [5.74, 6) is 0.758. The van der Waals surface area contributed by atoms with Gasteiger partial charge in [-0.1, -0.05) is 40.4 Å². The average Bonchev–Trinajstić information content (AvgIpc) is 3.11. The number of aromatic nitrogens is 2. The number of carbonyl (C=O) groups is 1. The number of fused-ring (bicyclic) bond motifs is 1. The largest absolute Gasteiger partial charge is 0.485 e. The van der Waals surface area contributed by atoms with Crippen LogP contribution in [-0.2, 0) is 4.79 Å². The third kappa shape index (κ3) is 3.31. The number of anilines is 1. The molecule has 0 radical (unpaired) electrons. The molecular formula is C17H11Cl2N3O4. The monoisotopic (exact) mass is 391 g/mol. The second-order valence-corrected chi connectivity index (χ2v) is 6.23. The molecule has 0 saturated carbocycles. The van der Waals surface area contributed by atoms with Gasteiger partial charge in [0, 0.05) is 5.02 Å². The van der Waals surface area contributed by atoms with E-state index in [4.69, 9.17) is 37.1 Å². The molecule has 26 heavy (non-hydrogen) atoms. The van der Waals surface area contributed by atoms with Crippen molar-refractivity contribution in [3.05, 3.63) is 52.5 Å². The maximum absolute atomic E-state index is 12.4. The molecule has 0 saturated heterocycles. The van der Waals surface area contributed by atoms with E-state index in [2.05, 4.69) is 15.5 Å². The Morgan fingerprint density at radius 3 is 2.77 bits per heavy atom. The van der Waals surface area contributed by atoms with Crippen molar-refractivity contribution in [2.24, 2.45) is 0 Å². The van der Waals surface area contributed by atoms with Crippen molar-refractivity contribution in [1.82, 2.24) is 10.2 Å². The Morgan fingerprint density at radius 1 is 1.12 bits per heavy atom. The summed E-state index contributed by atoms with van der Waals surface area (Å²) in [6.07, 6.45) is -0.838. The summed E-state index contributed by atoms with van der Waals surface area (Å²) in [6, 6.07) is 11.9. The zero-order valence-electron chi connectivity index (χ0n) is 13.1. The highest BCUT2D eigenvalue weighted by Gasteiger charge is 2.28. The van der Waals surface area contributed by atoms with Crippen molar-refractivity contribution in [3.63, 3.8) is 0 Å². The number of ether oxygens (including phenoxy) is 2. The average molecular weight is 392 g/mol. The zero-order chi connectivity index (χ0) is 18.1. The fourth-order valence-corrected chi connectivity index (χ4v) is 2.75. The fraction of sp³-hybridized carbons (Fsp3) is 0.118. The van der Waals surface area contributed by atoms with Gasteiger partial charge in [0.1, 0.15) is 6.61 Å². The molecule has 1 aliphatic heterocycles. The summed E-state index contributed by atoms with van der Waals surface area (Å²) in [4.78, 5) is 12.4. The maximum atomic E-state index is 12.4. The molecule has 3 aromatic rings. The number of halogens is 2. The molecule has 0 unspecified atom stereocenters. The van der Waals surface area contributed by atoms with Crippen LogP contribution >= 0.6 is 23.2 Å². The third-order valence-corrected chi connectivity index (χ3v) is 4.18.